The molecule has 1 unspecified atom stereocenters. The molecule has 0 amide bonds. The first-order valence-corrected chi connectivity index (χ1v) is 5.69. The molecule has 17 heavy (non-hydrogen) atoms. The number of aliphatic hydroxyl groups excluding tert-OH is 1. The summed E-state index contributed by atoms with van der Waals surface area (Å²) in [6, 6.07) is 4.50. The summed E-state index contributed by atoms with van der Waals surface area (Å²) in [6.07, 6.45) is -0.671. The van der Waals surface area contributed by atoms with E-state index in [9.17, 15) is 9.90 Å². The molecule has 0 aromatic heterocycles. The van der Waals surface area contributed by atoms with Gasteiger partial charge in [-0.1, -0.05) is 25.4 Å². The molecule has 0 aliphatic heterocycles. The van der Waals surface area contributed by atoms with E-state index in [0.29, 0.717) is 10.7 Å². The van der Waals surface area contributed by atoms with Crippen molar-refractivity contribution in [2.45, 2.75) is 20.0 Å². The van der Waals surface area contributed by atoms with Gasteiger partial charge in [0.05, 0.1) is 11.7 Å². The van der Waals surface area contributed by atoms with Gasteiger partial charge in [-0.2, -0.15) is 0 Å². The summed E-state index contributed by atoms with van der Waals surface area (Å²) in [5.74, 6) is -0.508. The molecule has 1 aromatic carbocycles. The second-order valence-corrected chi connectivity index (χ2v) is 4.62. The van der Waals surface area contributed by atoms with E-state index in [1.807, 2.05) is 13.8 Å². The van der Waals surface area contributed by atoms with E-state index < -0.39 is 12.1 Å². The highest BCUT2D eigenvalue weighted by atomic mass is 35.5. The zero-order chi connectivity index (χ0) is 13.0. The quantitative estimate of drug-likeness (QED) is 0.640. The average molecular weight is 258 g/mol. The van der Waals surface area contributed by atoms with Crippen molar-refractivity contribution in [1.82, 2.24) is 0 Å². The van der Waals surface area contributed by atoms with Crippen molar-refractivity contribution in [2.24, 2.45) is 5.92 Å². The van der Waals surface area contributed by atoms with Crippen LogP contribution in [0.15, 0.2) is 18.2 Å². The van der Waals surface area contributed by atoms with E-state index >= 15 is 0 Å². The first kappa shape index (κ1) is 13.8. The summed E-state index contributed by atoms with van der Waals surface area (Å²) in [7, 11) is 0. The number of hydrogen-bond acceptors (Lipinski definition) is 4. The predicted octanol–water partition coefficient (Wildman–Crippen LogP) is 2.10. The van der Waals surface area contributed by atoms with Crippen LogP contribution in [-0.2, 0) is 4.74 Å². The largest absolute Gasteiger partial charge is 0.459 e. The van der Waals surface area contributed by atoms with Gasteiger partial charge in [0.2, 0.25) is 0 Å². The van der Waals surface area contributed by atoms with Gasteiger partial charge in [-0.15, -0.1) is 0 Å². The van der Waals surface area contributed by atoms with Crippen LogP contribution >= 0.6 is 11.6 Å². The first-order valence-electron chi connectivity index (χ1n) is 5.31. The van der Waals surface area contributed by atoms with Crippen molar-refractivity contribution in [3.63, 3.8) is 0 Å². The van der Waals surface area contributed by atoms with Gasteiger partial charge in [0.1, 0.15) is 6.61 Å². The van der Waals surface area contributed by atoms with Gasteiger partial charge in [0.25, 0.3) is 0 Å². The Morgan fingerprint density at radius 1 is 1.47 bits per heavy atom. The number of halogens is 1. The highest BCUT2D eigenvalue weighted by Gasteiger charge is 2.14. The van der Waals surface area contributed by atoms with Crippen LogP contribution in [0.1, 0.15) is 24.2 Å². The Bertz CT molecular complexity index is 386. The van der Waals surface area contributed by atoms with Crippen LogP contribution in [0.4, 0.5) is 5.69 Å². The standard InChI is InChI=1S/C12H16ClNO3/c1-7(2)11(15)6-17-12(16)8-3-9(13)5-10(14)4-8/h3-5,7,11,15H,6,14H2,1-2H3. The predicted molar refractivity (Wildman–Crippen MR) is 67.0 cm³/mol. The molecule has 0 radical (unpaired) electrons. The Labute approximate surface area is 105 Å². The highest BCUT2D eigenvalue weighted by molar-refractivity contribution is 6.31. The monoisotopic (exact) mass is 257 g/mol. The highest BCUT2D eigenvalue weighted by Crippen LogP contribution is 2.17. The molecular weight excluding hydrogens is 242 g/mol. The number of carbonyl (C=O) groups is 1. The van der Waals surface area contributed by atoms with Crippen molar-refractivity contribution in [1.29, 1.82) is 0 Å². The zero-order valence-corrected chi connectivity index (χ0v) is 10.6. The second kappa shape index (κ2) is 5.89. The summed E-state index contributed by atoms with van der Waals surface area (Å²) in [4.78, 5) is 11.6. The summed E-state index contributed by atoms with van der Waals surface area (Å²) in [5, 5.41) is 9.88. The van der Waals surface area contributed by atoms with Gasteiger partial charge in [-0.25, -0.2) is 4.79 Å². The van der Waals surface area contributed by atoms with Crippen molar-refractivity contribution < 1.29 is 14.6 Å². The van der Waals surface area contributed by atoms with E-state index in [4.69, 9.17) is 22.1 Å². The molecule has 0 saturated heterocycles. The van der Waals surface area contributed by atoms with Gasteiger partial charge in [0, 0.05) is 10.7 Å². The average Bonchev–Trinajstić information content (AvgIpc) is 2.23. The van der Waals surface area contributed by atoms with E-state index in [1.165, 1.54) is 12.1 Å². The molecule has 0 heterocycles. The van der Waals surface area contributed by atoms with Gasteiger partial charge in [0.15, 0.2) is 0 Å². The Balaban J connectivity index is 2.64. The van der Waals surface area contributed by atoms with Crippen LogP contribution in [0.5, 0.6) is 0 Å². The van der Waals surface area contributed by atoms with Crippen molar-refractivity contribution in [3.8, 4) is 0 Å². The summed E-state index contributed by atoms with van der Waals surface area (Å²) in [6.45, 7) is 3.65. The number of hydrogen-bond donors (Lipinski definition) is 2. The number of carbonyl (C=O) groups excluding carboxylic acids is 1. The van der Waals surface area contributed by atoms with Crippen molar-refractivity contribution in [3.05, 3.63) is 28.8 Å². The van der Waals surface area contributed by atoms with Crippen LogP contribution in [0.2, 0.25) is 5.02 Å². The van der Waals surface area contributed by atoms with Crippen LogP contribution in [0.3, 0.4) is 0 Å². The molecule has 3 N–H and O–H groups in total. The number of anilines is 1. The normalized spacial score (nSPS) is 12.5. The minimum absolute atomic E-state index is 0.0345. The number of esters is 1. The number of benzene rings is 1. The van der Waals surface area contributed by atoms with Gasteiger partial charge in [-0.3, -0.25) is 0 Å². The minimum Gasteiger partial charge on any atom is -0.459 e. The summed E-state index contributed by atoms with van der Waals surface area (Å²) in [5.41, 5.74) is 6.24. The number of aliphatic hydroxyl groups is 1. The Hall–Kier alpha value is -1.26. The van der Waals surface area contributed by atoms with E-state index in [0.717, 1.165) is 0 Å². The Morgan fingerprint density at radius 2 is 2.12 bits per heavy atom. The van der Waals surface area contributed by atoms with E-state index in [1.54, 1.807) is 6.07 Å². The molecule has 94 valence electrons. The van der Waals surface area contributed by atoms with Gasteiger partial charge < -0.3 is 15.6 Å². The third kappa shape index (κ3) is 4.24. The summed E-state index contributed by atoms with van der Waals surface area (Å²) < 4.78 is 4.96. The maximum absolute atomic E-state index is 11.6. The third-order valence-electron chi connectivity index (χ3n) is 2.31. The molecule has 1 atom stereocenters. The molecule has 4 nitrogen and oxygen atoms in total. The number of nitrogen functional groups attached to an aromatic ring is 1. The molecule has 1 rings (SSSR count). The fourth-order valence-electron chi connectivity index (χ4n) is 1.17. The lowest BCUT2D eigenvalue weighted by Crippen LogP contribution is -2.23. The van der Waals surface area contributed by atoms with Crippen LogP contribution < -0.4 is 5.73 Å². The lowest BCUT2D eigenvalue weighted by atomic mass is 10.1. The van der Waals surface area contributed by atoms with E-state index in [2.05, 4.69) is 0 Å². The lowest BCUT2D eigenvalue weighted by Gasteiger charge is -2.14. The molecular formula is C12H16ClNO3. The second-order valence-electron chi connectivity index (χ2n) is 4.18. The Morgan fingerprint density at radius 3 is 2.65 bits per heavy atom. The topological polar surface area (TPSA) is 72.5 Å². The fraction of sp³-hybridized carbons (Fsp3) is 0.417. The third-order valence-corrected chi connectivity index (χ3v) is 2.53. The van der Waals surface area contributed by atoms with Crippen molar-refractivity contribution in [2.75, 3.05) is 12.3 Å². The smallest absolute Gasteiger partial charge is 0.338 e. The molecule has 0 saturated carbocycles. The number of rotatable bonds is 4. The van der Waals surface area contributed by atoms with Crippen LogP contribution in [0, 0.1) is 5.92 Å². The van der Waals surface area contributed by atoms with Gasteiger partial charge >= 0.3 is 5.97 Å². The Kier molecular flexibility index (Phi) is 4.78. The number of nitrogens with two attached hydrogens (primary N) is 1. The number of ether oxygens (including phenoxy) is 1. The SMILES string of the molecule is CC(C)C(O)COC(=O)c1cc(N)cc(Cl)c1. The zero-order valence-electron chi connectivity index (χ0n) is 9.81. The molecule has 0 bridgehead atoms. The summed E-state index contributed by atoms with van der Waals surface area (Å²) >= 11 is 5.77. The molecule has 0 fully saturated rings. The minimum atomic E-state index is -0.671. The molecule has 0 aliphatic carbocycles. The van der Waals surface area contributed by atoms with Crippen LogP contribution in [0.25, 0.3) is 0 Å². The first-order chi connectivity index (χ1) is 7.90. The maximum atomic E-state index is 11.6. The molecule has 0 aliphatic rings. The lowest BCUT2D eigenvalue weighted by molar-refractivity contribution is 0.0137. The molecule has 0 spiro atoms. The van der Waals surface area contributed by atoms with E-state index in [-0.39, 0.29) is 18.1 Å². The maximum Gasteiger partial charge on any atom is 0.338 e. The van der Waals surface area contributed by atoms with Crippen LogP contribution in [-0.4, -0.2) is 23.8 Å². The van der Waals surface area contributed by atoms with Gasteiger partial charge in [-0.05, 0) is 24.1 Å². The molecule has 5 heteroatoms. The van der Waals surface area contributed by atoms with Crippen molar-refractivity contribution >= 4 is 23.3 Å². The fourth-order valence-corrected chi connectivity index (χ4v) is 1.41. The molecule has 1 aromatic rings.